The Bertz CT molecular complexity index is 800. The van der Waals surface area contributed by atoms with E-state index in [-0.39, 0.29) is 5.97 Å². The van der Waals surface area contributed by atoms with Crippen LogP contribution in [0.2, 0.25) is 24.7 Å². The van der Waals surface area contributed by atoms with Gasteiger partial charge in [-0.05, 0) is 18.6 Å². The molecule has 0 amide bonds. The third kappa shape index (κ3) is 5.88. The fourth-order valence-electron chi connectivity index (χ4n) is 3.66. The first-order valence-corrected chi connectivity index (χ1v) is 13.7. The van der Waals surface area contributed by atoms with Gasteiger partial charge in [-0.1, -0.05) is 50.7 Å². The van der Waals surface area contributed by atoms with Crippen LogP contribution < -0.4 is 4.57 Å². The first-order valence-electron chi connectivity index (χ1n) is 10.6. The zero-order chi connectivity index (χ0) is 20.8. The Kier molecular flexibility index (Phi) is 7.78. The number of carbonyl (C=O) groups excluding carboxylic acids is 1. The maximum atomic E-state index is 12.6. The van der Waals surface area contributed by atoms with Gasteiger partial charge < -0.3 is 9.22 Å². The topological polar surface area (TPSA) is 30.2 Å². The molecule has 4 nitrogen and oxygen atoms in total. The second-order valence-electron chi connectivity index (χ2n) is 8.98. The van der Waals surface area contributed by atoms with Crippen LogP contribution in [0, 0.1) is 0 Å². The zero-order valence-electron chi connectivity index (χ0n) is 18.6. The van der Waals surface area contributed by atoms with Crippen molar-refractivity contribution in [3.8, 4) is 0 Å². The van der Waals surface area contributed by atoms with Crippen molar-refractivity contribution in [3.63, 3.8) is 0 Å². The van der Waals surface area contributed by atoms with Gasteiger partial charge in [-0.15, -0.1) is 0 Å². The van der Waals surface area contributed by atoms with Gasteiger partial charge in [0.25, 0.3) is 5.69 Å². The van der Waals surface area contributed by atoms with E-state index in [2.05, 4.69) is 40.6 Å². The number of fused-ring (bicyclic) bond motifs is 1. The molecule has 0 fully saturated rings. The van der Waals surface area contributed by atoms with Crippen LogP contribution in [-0.2, 0) is 11.8 Å². The molecular weight excluding hydrogens is 364 g/mol. The van der Waals surface area contributed by atoms with Crippen LogP contribution >= 0.6 is 0 Å². The molecule has 0 bridgehead atoms. The van der Waals surface area contributed by atoms with Gasteiger partial charge in [0.2, 0.25) is 5.52 Å². The lowest BCUT2D eigenvalue weighted by Gasteiger charge is -2.31. The smallest absolute Gasteiger partial charge is 0.403 e. The number of quaternary nitrogens is 1. The number of ether oxygens (including phenoxy) is 1. The van der Waals surface area contributed by atoms with Crippen molar-refractivity contribution in [2.45, 2.75) is 44.9 Å². The van der Waals surface area contributed by atoms with E-state index >= 15 is 0 Å². The summed E-state index contributed by atoms with van der Waals surface area (Å²) in [6.07, 6.45) is 1.27. The number of likely N-dealkylation sites (N-methyl/N-ethyl adjacent to an activating group) is 1. The van der Waals surface area contributed by atoms with Gasteiger partial charge in [0.15, 0.2) is 0 Å². The average Bonchev–Trinajstić information content (AvgIpc) is 2.68. The Morgan fingerprint density at radius 2 is 1.75 bits per heavy atom. The second kappa shape index (κ2) is 9.66. The van der Waals surface area contributed by atoms with Gasteiger partial charge in [0.1, 0.15) is 20.2 Å². The van der Waals surface area contributed by atoms with Gasteiger partial charge in [0.05, 0.1) is 28.7 Å². The molecule has 2 rings (SSSR count). The monoisotopic (exact) mass is 402 g/mol. The number of aromatic nitrogens is 1. The molecular formula is C23H38N2O2Si+2. The normalized spacial score (nSPS) is 12.4. The van der Waals surface area contributed by atoms with Crippen LogP contribution in [0.1, 0.15) is 30.8 Å². The predicted octanol–water partition coefficient (Wildman–Crippen LogP) is 4.41. The summed E-state index contributed by atoms with van der Waals surface area (Å²) in [4.78, 5) is 12.6. The van der Waals surface area contributed by atoms with E-state index in [9.17, 15) is 4.79 Å². The minimum Gasteiger partial charge on any atom is -0.452 e. The van der Waals surface area contributed by atoms with Crippen LogP contribution in [0.4, 0.5) is 0 Å². The summed E-state index contributed by atoms with van der Waals surface area (Å²) in [5, 5.41) is 1.12. The number of carbonyl (C=O) groups is 1. The second-order valence-corrected chi connectivity index (χ2v) is 14.5. The van der Waals surface area contributed by atoms with E-state index < -0.39 is 8.07 Å². The van der Waals surface area contributed by atoms with Gasteiger partial charge in [-0.3, -0.25) is 0 Å². The number of esters is 1. The number of hydrogen-bond donors (Lipinski definition) is 0. The van der Waals surface area contributed by atoms with Gasteiger partial charge in [0, 0.05) is 17.5 Å². The highest BCUT2D eigenvalue weighted by molar-refractivity contribution is 6.78. The number of rotatable bonds is 10. The predicted molar refractivity (Wildman–Crippen MR) is 119 cm³/mol. The molecule has 0 atom stereocenters. The summed E-state index contributed by atoms with van der Waals surface area (Å²) < 4.78 is 8.43. The first-order chi connectivity index (χ1) is 13.2. The molecule has 0 aliphatic rings. The van der Waals surface area contributed by atoms with E-state index in [1.807, 2.05) is 41.9 Å². The molecule has 0 spiro atoms. The number of pyridine rings is 1. The van der Waals surface area contributed by atoms with E-state index in [1.54, 1.807) is 0 Å². The summed E-state index contributed by atoms with van der Waals surface area (Å²) in [6.45, 7) is 9.67. The van der Waals surface area contributed by atoms with E-state index in [4.69, 9.17) is 4.74 Å². The van der Waals surface area contributed by atoms with Crippen molar-refractivity contribution in [1.29, 1.82) is 0 Å². The largest absolute Gasteiger partial charge is 0.452 e. The maximum absolute atomic E-state index is 12.6. The fourth-order valence-corrected chi connectivity index (χ4v) is 5.88. The Hall–Kier alpha value is -1.72. The molecule has 154 valence electrons. The van der Waals surface area contributed by atoms with E-state index in [1.165, 1.54) is 24.6 Å². The van der Waals surface area contributed by atoms with Crippen LogP contribution in [0.5, 0.6) is 0 Å². The summed E-state index contributed by atoms with van der Waals surface area (Å²) in [5.74, 6) is -0.245. The number of aryl methyl sites for hydroxylation is 1. The summed E-state index contributed by atoms with van der Waals surface area (Å²) >= 11 is 0. The lowest BCUT2D eigenvalue weighted by atomic mass is 10.2. The van der Waals surface area contributed by atoms with Crippen LogP contribution in [0.25, 0.3) is 10.9 Å². The molecule has 5 heteroatoms. The molecule has 0 aliphatic heterocycles. The van der Waals surface area contributed by atoms with E-state index in [0.29, 0.717) is 12.3 Å². The van der Waals surface area contributed by atoms with Crippen molar-refractivity contribution in [2.75, 3.05) is 33.8 Å². The lowest BCUT2D eigenvalue weighted by Crippen LogP contribution is -2.44. The molecule has 1 heterocycles. The minimum atomic E-state index is -1.02. The Morgan fingerprint density at radius 1 is 1.07 bits per heavy atom. The highest BCUT2D eigenvalue weighted by Crippen LogP contribution is 2.22. The molecule has 1 aromatic carbocycles. The average molecular weight is 403 g/mol. The number of nitrogens with zero attached hydrogens (tertiary/aromatic N) is 2. The van der Waals surface area contributed by atoms with Crippen LogP contribution in [-0.4, -0.2) is 52.3 Å². The molecule has 0 saturated carbocycles. The summed E-state index contributed by atoms with van der Waals surface area (Å²) in [6, 6.07) is 16.0. The van der Waals surface area contributed by atoms with Crippen molar-refractivity contribution in [2.24, 2.45) is 7.05 Å². The maximum Gasteiger partial charge on any atom is 0.403 e. The summed E-state index contributed by atoms with van der Waals surface area (Å²) in [7, 11) is 5.37. The highest BCUT2D eigenvalue weighted by atomic mass is 28.3. The van der Waals surface area contributed by atoms with Gasteiger partial charge in [-0.25, -0.2) is 4.79 Å². The number of hydrogen-bond acceptors (Lipinski definition) is 2. The SMILES string of the molecule is CC[Si](C)(CC)CCC[N+](C)(C)CCOC(=O)c1ccc2ccccc2[n+]1C. The van der Waals surface area contributed by atoms with Crippen LogP contribution in [0.15, 0.2) is 36.4 Å². The molecule has 0 radical (unpaired) electrons. The first kappa shape index (κ1) is 22.6. The van der Waals surface area contributed by atoms with Crippen molar-refractivity contribution < 1.29 is 18.6 Å². The van der Waals surface area contributed by atoms with Crippen molar-refractivity contribution in [1.82, 2.24) is 0 Å². The Balaban J connectivity index is 1.86. The molecule has 0 aliphatic carbocycles. The molecule has 0 N–H and O–H groups in total. The third-order valence-corrected chi connectivity index (χ3v) is 11.4. The number of benzene rings is 1. The Labute approximate surface area is 171 Å². The molecule has 2 aromatic rings. The standard InChI is InChI=1S/C23H38N2O2Si/c1-7-28(6,8-2)19-11-16-25(4,5)17-18-27-23(26)22-15-14-20-12-9-10-13-21(20)24(22)3/h9-10,12-15H,7-8,11,16-19H2,1-6H3/q+2. The number of para-hydroxylation sites is 1. The molecule has 28 heavy (non-hydrogen) atoms. The van der Waals surface area contributed by atoms with E-state index in [0.717, 1.165) is 28.5 Å². The van der Waals surface area contributed by atoms with Crippen LogP contribution in [0.3, 0.4) is 0 Å². The van der Waals surface area contributed by atoms with Crippen molar-refractivity contribution in [3.05, 3.63) is 42.1 Å². The highest BCUT2D eigenvalue weighted by Gasteiger charge is 2.25. The Morgan fingerprint density at radius 3 is 2.43 bits per heavy atom. The molecule has 0 saturated heterocycles. The van der Waals surface area contributed by atoms with Gasteiger partial charge in [-0.2, -0.15) is 4.57 Å². The quantitative estimate of drug-likeness (QED) is 0.255. The third-order valence-electron chi connectivity index (χ3n) is 6.47. The zero-order valence-corrected chi connectivity index (χ0v) is 19.6. The molecule has 0 unspecified atom stereocenters. The van der Waals surface area contributed by atoms with Gasteiger partial charge >= 0.3 is 5.97 Å². The fraction of sp³-hybridized carbons (Fsp3) is 0.565. The molecule has 1 aromatic heterocycles. The lowest BCUT2D eigenvalue weighted by molar-refractivity contribution is -0.890. The van der Waals surface area contributed by atoms with Crippen molar-refractivity contribution >= 4 is 24.9 Å². The minimum absolute atomic E-state index is 0.245. The summed E-state index contributed by atoms with van der Waals surface area (Å²) in [5.41, 5.74) is 1.63.